The average Bonchev–Trinajstić information content (AvgIpc) is 2.81. The summed E-state index contributed by atoms with van der Waals surface area (Å²) in [5, 5.41) is 22.6. The maximum absolute atomic E-state index is 12.3. The van der Waals surface area contributed by atoms with E-state index in [0.29, 0.717) is 0 Å². The minimum atomic E-state index is -0.926. The van der Waals surface area contributed by atoms with E-state index in [4.69, 9.17) is 0 Å². The summed E-state index contributed by atoms with van der Waals surface area (Å²) in [5.41, 5.74) is 7.65. The molecule has 0 spiro atoms. The quantitative estimate of drug-likeness (QED) is 0.289. The highest BCUT2D eigenvalue weighted by atomic mass is 16.6. The summed E-state index contributed by atoms with van der Waals surface area (Å²) in [4.78, 5) is 56.6. The number of carbonyl (C=O) groups excluding carboxylic acids is 2. The third-order valence-corrected chi connectivity index (χ3v) is 3.86. The van der Waals surface area contributed by atoms with Crippen LogP contribution in [0.4, 0.5) is 23.0 Å². The number of nitro benzene ring substituents is 1. The van der Waals surface area contributed by atoms with Crippen LogP contribution in [0.1, 0.15) is 20.7 Å². The van der Waals surface area contributed by atoms with Gasteiger partial charge in [0.25, 0.3) is 17.5 Å². The molecular weight excluding hydrogens is 426 g/mol. The number of hydrogen-bond acceptors (Lipinski definition) is 11. The number of pyridine rings is 1. The molecule has 0 fully saturated rings. The first-order valence-electron chi connectivity index (χ1n) is 8.64. The highest BCUT2D eigenvalue weighted by molar-refractivity contribution is 5.99. The molecule has 0 atom stereocenters. The molecule has 15 heteroatoms. The van der Waals surface area contributed by atoms with E-state index in [9.17, 15) is 29.8 Å². The Morgan fingerprint density at radius 3 is 2.09 bits per heavy atom. The van der Waals surface area contributed by atoms with E-state index < -0.39 is 38.9 Å². The molecule has 0 saturated carbocycles. The van der Waals surface area contributed by atoms with Crippen molar-refractivity contribution in [2.45, 2.75) is 0 Å². The molecule has 2 heterocycles. The molecule has 15 nitrogen and oxygen atoms in total. The number of carbonyl (C=O) groups is 2. The number of benzene rings is 1. The number of anilines is 2. The van der Waals surface area contributed by atoms with Gasteiger partial charge in [0.2, 0.25) is 11.6 Å². The molecule has 0 bridgehead atoms. The van der Waals surface area contributed by atoms with Crippen LogP contribution in [-0.2, 0) is 0 Å². The molecule has 0 aliphatic heterocycles. The van der Waals surface area contributed by atoms with Crippen LogP contribution >= 0.6 is 0 Å². The molecule has 0 aliphatic rings. The van der Waals surface area contributed by atoms with Gasteiger partial charge in [0.15, 0.2) is 0 Å². The normalized spacial score (nSPS) is 10.0. The number of aromatic nitrogens is 3. The van der Waals surface area contributed by atoms with Crippen molar-refractivity contribution in [3.05, 3.63) is 86.5 Å². The van der Waals surface area contributed by atoms with E-state index in [1.165, 1.54) is 42.7 Å². The van der Waals surface area contributed by atoms with Gasteiger partial charge in [-0.05, 0) is 18.2 Å². The van der Waals surface area contributed by atoms with Crippen LogP contribution < -0.4 is 21.7 Å². The van der Waals surface area contributed by atoms with Crippen LogP contribution in [0.5, 0.6) is 0 Å². The van der Waals surface area contributed by atoms with Gasteiger partial charge in [0, 0.05) is 18.5 Å². The minimum absolute atomic E-state index is 0.187. The third kappa shape index (κ3) is 4.85. The third-order valence-electron chi connectivity index (χ3n) is 3.86. The van der Waals surface area contributed by atoms with Gasteiger partial charge in [0.1, 0.15) is 11.9 Å². The largest absolute Gasteiger partial charge is 0.356 e. The number of nitro groups is 2. The second-order valence-corrected chi connectivity index (χ2v) is 5.85. The Labute approximate surface area is 178 Å². The van der Waals surface area contributed by atoms with E-state index in [2.05, 4.69) is 36.7 Å². The lowest BCUT2D eigenvalue weighted by molar-refractivity contribution is -0.385. The zero-order valence-electron chi connectivity index (χ0n) is 15.9. The Bertz CT molecular complexity index is 1190. The van der Waals surface area contributed by atoms with Crippen LogP contribution in [0, 0.1) is 20.2 Å². The smallest absolute Gasteiger partial charge is 0.276 e. The first kappa shape index (κ1) is 21.5. The van der Waals surface area contributed by atoms with E-state index in [1.807, 2.05) is 0 Å². The van der Waals surface area contributed by atoms with Crippen molar-refractivity contribution in [2.75, 3.05) is 10.9 Å². The van der Waals surface area contributed by atoms with Crippen LogP contribution in [0.2, 0.25) is 0 Å². The summed E-state index contributed by atoms with van der Waals surface area (Å²) in [6.07, 6.45) is 3.69. The standard InChI is InChI=1S/C17H13N9O6/c27-16(10-4-3-7-18-8-10)23-21-14-13(26(31)32)15(20-9-19-14)22-24-17(28)11-5-1-2-6-12(11)25(29)30/h1-9H,(H,23,27)(H,24,28)(H2,19,20,21,22). The number of hydrazine groups is 2. The fourth-order valence-electron chi connectivity index (χ4n) is 2.43. The maximum atomic E-state index is 12.3. The van der Waals surface area contributed by atoms with Gasteiger partial charge in [-0.3, -0.25) is 56.5 Å². The lowest BCUT2D eigenvalue weighted by atomic mass is 10.2. The first-order valence-corrected chi connectivity index (χ1v) is 8.64. The summed E-state index contributed by atoms with van der Waals surface area (Å²) in [7, 11) is 0. The summed E-state index contributed by atoms with van der Waals surface area (Å²) in [5.74, 6) is -2.38. The zero-order valence-corrected chi connectivity index (χ0v) is 15.9. The maximum Gasteiger partial charge on any atom is 0.356 e. The van der Waals surface area contributed by atoms with Gasteiger partial charge in [-0.15, -0.1) is 0 Å². The number of nitrogens with zero attached hydrogens (tertiary/aromatic N) is 5. The number of rotatable bonds is 8. The zero-order chi connectivity index (χ0) is 23.1. The molecule has 0 saturated heterocycles. The summed E-state index contributed by atoms with van der Waals surface area (Å²) >= 11 is 0. The van der Waals surface area contributed by atoms with Gasteiger partial charge < -0.3 is 0 Å². The molecule has 0 aliphatic carbocycles. The SMILES string of the molecule is O=C(NNc1ncnc(NNC(=O)c2ccccc2[N+](=O)[O-])c1[N+](=O)[O-])c1cccnc1. The predicted molar refractivity (Wildman–Crippen MR) is 108 cm³/mol. The second kappa shape index (κ2) is 9.53. The lowest BCUT2D eigenvalue weighted by Crippen LogP contribution is -2.32. The molecule has 3 rings (SSSR count). The van der Waals surface area contributed by atoms with Crippen LogP contribution in [-0.4, -0.2) is 36.6 Å². The van der Waals surface area contributed by atoms with E-state index in [-0.39, 0.29) is 16.9 Å². The van der Waals surface area contributed by atoms with Crippen molar-refractivity contribution in [3.63, 3.8) is 0 Å². The molecule has 3 aromatic rings. The Balaban J connectivity index is 1.76. The van der Waals surface area contributed by atoms with Crippen molar-refractivity contribution in [1.82, 2.24) is 25.8 Å². The molecule has 2 amide bonds. The van der Waals surface area contributed by atoms with Crippen LogP contribution in [0.3, 0.4) is 0 Å². The lowest BCUT2D eigenvalue weighted by Gasteiger charge is -2.11. The van der Waals surface area contributed by atoms with Crippen molar-refractivity contribution in [3.8, 4) is 0 Å². The van der Waals surface area contributed by atoms with Gasteiger partial charge in [0.05, 0.1) is 15.4 Å². The molecule has 1 aromatic carbocycles. The topological polar surface area (TPSA) is 207 Å². The average molecular weight is 439 g/mol. The number of nitrogens with one attached hydrogen (secondary N) is 4. The van der Waals surface area contributed by atoms with Crippen molar-refractivity contribution in [1.29, 1.82) is 0 Å². The first-order chi connectivity index (χ1) is 15.4. The van der Waals surface area contributed by atoms with Crippen molar-refractivity contribution < 1.29 is 19.4 Å². The van der Waals surface area contributed by atoms with E-state index >= 15 is 0 Å². The highest BCUT2D eigenvalue weighted by Crippen LogP contribution is 2.28. The fourth-order valence-corrected chi connectivity index (χ4v) is 2.43. The Hall–Kier alpha value is -5.21. The van der Waals surface area contributed by atoms with Gasteiger partial charge >= 0.3 is 5.69 Å². The Kier molecular flexibility index (Phi) is 6.40. The fraction of sp³-hybridized carbons (Fsp3) is 0. The highest BCUT2D eigenvalue weighted by Gasteiger charge is 2.25. The van der Waals surface area contributed by atoms with Crippen LogP contribution in [0.15, 0.2) is 55.1 Å². The van der Waals surface area contributed by atoms with E-state index in [0.717, 1.165) is 12.4 Å². The molecule has 0 unspecified atom stereocenters. The molecular formula is C17H13N9O6. The van der Waals surface area contributed by atoms with Gasteiger partial charge in [-0.2, -0.15) is 0 Å². The summed E-state index contributed by atoms with van der Waals surface area (Å²) in [6, 6.07) is 8.16. The monoisotopic (exact) mass is 439 g/mol. The Morgan fingerprint density at radius 1 is 0.844 bits per heavy atom. The molecule has 162 valence electrons. The Morgan fingerprint density at radius 2 is 1.50 bits per heavy atom. The van der Waals surface area contributed by atoms with Gasteiger partial charge in [-0.1, -0.05) is 12.1 Å². The van der Waals surface area contributed by atoms with Crippen LogP contribution in [0.25, 0.3) is 0 Å². The molecule has 4 N–H and O–H groups in total. The molecule has 2 aromatic heterocycles. The van der Waals surface area contributed by atoms with Crippen molar-refractivity contribution in [2.24, 2.45) is 0 Å². The summed E-state index contributed by atoms with van der Waals surface area (Å²) in [6.45, 7) is 0. The van der Waals surface area contributed by atoms with E-state index in [1.54, 1.807) is 0 Å². The van der Waals surface area contributed by atoms with Crippen molar-refractivity contribution >= 4 is 34.8 Å². The summed E-state index contributed by atoms with van der Waals surface area (Å²) < 4.78 is 0. The van der Waals surface area contributed by atoms with Gasteiger partial charge in [-0.25, -0.2) is 9.97 Å². The molecule has 0 radical (unpaired) electrons. The number of amides is 2. The minimum Gasteiger partial charge on any atom is -0.276 e. The number of hydrogen-bond donors (Lipinski definition) is 4. The second-order valence-electron chi connectivity index (χ2n) is 5.85. The number of para-hydroxylation sites is 1. The molecule has 32 heavy (non-hydrogen) atoms. The predicted octanol–water partition coefficient (Wildman–Crippen LogP) is 1.20.